The number of aryl methyl sites for hydroxylation is 2. The van der Waals surface area contributed by atoms with Gasteiger partial charge in [0.1, 0.15) is 17.2 Å². The molecule has 0 radical (unpaired) electrons. The number of hydrogen-bond acceptors (Lipinski definition) is 10. The first-order chi connectivity index (χ1) is 18.5. The highest BCUT2D eigenvalue weighted by molar-refractivity contribution is 8.00. The third-order valence-electron chi connectivity index (χ3n) is 5.28. The molecule has 0 amide bonds. The molecule has 194 valence electrons. The molecule has 0 unspecified atom stereocenters. The van der Waals surface area contributed by atoms with Crippen molar-refractivity contribution in [3.8, 4) is 5.75 Å². The summed E-state index contributed by atoms with van der Waals surface area (Å²) in [4.78, 5) is 20.6. The summed E-state index contributed by atoms with van der Waals surface area (Å²) in [6, 6.07) is 23.5. The standard InChI is InChI=1S/C23H23N5OS.C5H5NO2/c1-15-11-17(13-18(12-15)29-3)25-22-23(27-21-10-5-4-9-20(21)26-22)28-30-19-8-6-7-16(14-19)24-2;1-4-2-5(3-7)6-8-4/h4-14,24H,1-3H3,(H,25,26)(H,27,28);2-3H,1H3. The zero-order valence-corrected chi connectivity index (χ0v) is 22.3. The van der Waals surface area contributed by atoms with Gasteiger partial charge in [-0.2, -0.15) is 0 Å². The number of nitrogens with one attached hydrogen (secondary N) is 3. The lowest BCUT2D eigenvalue weighted by Gasteiger charge is -2.14. The maximum Gasteiger partial charge on any atom is 0.180 e. The van der Waals surface area contributed by atoms with E-state index in [0.29, 0.717) is 29.4 Å². The predicted octanol–water partition coefficient (Wildman–Crippen LogP) is 6.65. The fourth-order valence-electron chi connectivity index (χ4n) is 3.50. The van der Waals surface area contributed by atoms with Crippen molar-refractivity contribution in [1.29, 1.82) is 0 Å². The topological polar surface area (TPSA) is 114 Å². The van der Waals surface area contributed by atoms with E-state index in [1.807, 2.05) is 74.6 Å². The molecule has 0 saturated heterocycles. The van der Waals surface area contributed by atoms with Crippen LogP contribution in [0.25, 0.3) is 11.0 Å². The number of benzene rings is 3. The van der Waals surface area contributed by atoms with Crippen molar-refractivity contribution in [2.45, 2.75) is 18.7 Å². The van der Waals surface area contributed by atoms with Gasteiger partial charge in [0, 0.05) is 35.5 Å². The van der Waals surface area contributed by atoms with Gasteiger partial charge in [-0.3, -0.25) is 4.79 Å². The monoisotopic (exact) mass is 528 g/mol. The zero-order valence-electron chi connectivity index (χ0n) is 21.5. The number of anilines is 4. The molecule has 38 heavy (non-hydrogen) atoms. The second-order valence-electron chi connectivity index (χ2n) is 8.24. The lowest BCUT2D eigenvalue weighted by Crippen LogP contribution is -2.02. The van der Waals surface area contributed by atoms with E-state index in [1.54, 1.807) is 20.1 Å². The van der Waals surface area contributed by atoms with E-state index in [2.05, 4.69) is 31.1 Å². The molecule has 2 aromatic heterocycles. The minimum Gasteiger partial charge on any atom is -0.497 e. The molecule has 9 nitrogen and oxygen atoms in total. The molecule has 0 aliphatic carbocycles. The number of para-hydroxylation sites is 2. The summed E-state index contributed by atoms with van der Waals surface area (Å²) in [5.74, 6) is 2.76. The molecule has 3 aromatic carbocycles. The van der Waals surface area contributed by atoms with Gasteiger partial charge < -0.3 is 24.6 Å². The number of hydrogen-bond donors (Lipinski definition) is 3. The van der Waals surface area contributed by atoms with Crippen molar-refractivity contribution in [2.75, 3.05) is 29.5 Å². The molecule has 0 bridgehead atoms. The summed E-state index contributed by atoms with van der Waals surface area (Å²) in [5.41, 5.74) is 5.04. The number of carbonyl (C=O) groups excluding carboxylic acids is 1. The van der Waals surface area contributed by atoms with Gasteiger partial charge in [0.05, 0.1) is 18.1 Å². The number of aromatic nitrogens is 3. The molecule has 0 aliphatic heterocycles. The summed E-state index contributed by atoms with van der Waals surface area (Å²) in [5, 5.41) is 9.95. The first-order valence-corrected chi connectivity index (χ1v) is 12.6. The lowest BCUT2D eigenvalue weighted by atomic mass is 10.2. The first kappa shape index (κ1) is 26.5. The largest absolute Gasteiger partial charge is 0.497 e. The van der Waals surface area contributed by atoms with E-state index < -0.39 is 0 Å². The van der Waals surface area contributed by atoms with Gasteiger partial charge in [-0.05, 0) is 73.8 Å². The number of rotatable bonds is 8. The minimum atomic E-state index is 0.350. The molecular formula is C28H28N6O3S. The van der Waals surface area contributed by atoms with E-state index >= 15 is 0 Å². The Balaban J connectivity index is 0.000000360. The first-order valence-electron chi connectivity index (χ1n) is 11.8. The van der Waals surface area contributed by atoms with Gasteiger partial charge in [-0.25, -0.2) is 9.97 Å². The Labute approximate surface area is 225 Å². The second kappa shape index (κ2) is 12.6. The Morgan fingerprint density at radius 1 is 0.895 bits per heavy atom. The van der Waals surface area contributed by atoms with Crippen LogP contribution in [0.3, 0.4) is 0 Å². The highest BCUT2D eigenvalue weighted by Crippen LogP contribution is 2.31. The Hall–Kier alpha value is -4.57. The molecule has 0 aliphatic rings. The maximum absolute atomic E-state index is 9.90. The van der Waals surface area contributed by atoms with E-state index in [0.717, 1.165) is 38.6 Å². The Morgan fingerprint density at radius 3 is 2.29 bits per heavy atom. The number of methoxy groups -OCH3 is 1. The molecule has 3 N–H and O–H groups in total. The van der Waals surface area contributed by atoms with Gasteiger partial charge in [-0.1, -0.05) is 23.4 Å². The quantitative estimate of drug-likeness (QED) is 0.149. The third kappa shape index (κ3) is 7.01. The van der Waals surface area contributed by atoms with Crippen LogP contribution in [0.1, 0.15) is 21.8 Å². The number of aldehydes is 1. The van der Waals surface area contributed by atoms with Crippen LogP contribution in [-0.4, -0.2) is 35.6 Å². The number of fused-ring (bicyclic) bond motifs is 1. The minimum absolute atomic E-state index is 0.350. The van der Waals surface area contributed by atoms with Crippen molar-refractivity contribution < 1.29 is 14.1 Å². The van der Waals surface area contributed by atoms with Gasteiger partial charge in [0.15, 0.2) is 17.9 Å². The highest BCUT2D eigenvalue weighted by Gasteiger charge is 2.11. The van der Waals surface area contributed by atoms with Crippen LogP contribution in [0.5, 0.6) is 5.75 Å². The third-order valence-corrected chi connectivity index (χ3v) is 6.06. The van der Waals surface area contributed by atoms with E-state index in [9.17, 15) is 4.79 Å². The SMILES string of the molecule is CNc1cccc(SNc2nc3ccccc3nc2Nc2cc(C)cc(OC)c2)c1.Cc1cc(C=O)no1. The molecule has 0 atom stereocenters. The van der Waals surface area contributed by atoms with Crippen LogP contribution in [-0.2, 0) is 0 Å². The summed E-state index contributed by atoms with van der Waals surface area (Å²) < 4.78 is 13.3. The normalized spacial score (nSPS) is 10.3. The van der Waals surface area contributed by atoms with Crippen molar-refractivity contribution in [2.24, 2.45) is 0 Å². The van der Waals surface area contributed by atoms with Gasteiger partial charge in [-0.15, -0.1) is 0 Å². The summed E-state index contributed by atoms with van der Waals surface area (Å²) in [6.07, 6.45) is 0.649. The molecule has 2 heterocycles. The van der Waals surface area contributed by atoms with Crippen LogP contribution in [0.2, 0.25) is 0 Å². The second-order valence-corrected chi connectivity index (χ2v) is 9.12. The Bertz CT molecular complexity index is 1540. The van der Waals surface area contributed by atoms with Crippen molar-refractivity contribution in [3.63, 3.8) is 0 Å². The highest BCUT2D eigenvalue weighted by atomic mass is 32.2. The molecule has 0 fully saturated rings. The predicted molar refractivity (Wildman–Crippen MR) is 153 cm³/mol. The maximum atomic E-state index is 9.90. The van der Waals surface area contributed by atoms with E-state index in [1.165, 1.54) is 11.9 Å². The van der Waals surface area contributed by atoms with Crippen molar-refractivity contribution >= 4 is 52.3 Å². The molecule has 10 heteroatoms. The van der Waals surface area contributed by atoms with Gasteiger partial charge in [0.2, 0.25) is 0 Å². The Kier molecular flexibility index (Phi) is 8.78. The van der Waals surface area contributed by atoms with Crippen LogP contribution in [0.4, 0.5) is 23.0 Å². The van der Waals surface area contributed by atoms with Crippen molar-refractivity contribution in [3.05, 3.63) is 89.8 Å². The van der Waals surface area contributed by atoms with Crippen molar-refractivity contribution in [1.82, 2.24) is 15.1 Å². The average molecular weight is 529 g/mol. The fraction of sp³-hybridized carbons (Fsp3) is 0.143. The lowest BCUT2D eigenvalue weighted by molar-refractivity contribution is 0.111. The Morgan fingerprint density at radius 2 is 1.66 bits per heavy atom. The molecular weight excluding hydrogens is 500 g/mol. The summed E-state index contributed by atoms with van der Waals surface area (Å²) in [7, 11) is 3.57. The molecule has 5 rings (SSSR count). The van der Waals surface area contributed by atoms with E-state index in [-0.39, 0.29) is 0 Å². The summed E-state index contributed by atoms with van der Waals surface area (Å²) >= 11 is 1.49. The van der Waals surface area contributed by atoms with Crippen LogP contribution >= 0.6 is 11.9 Å². The zero-order chi connectivity index (χ0) is 26.9. The van der Waals surface area contributed by atoms with Crippen LogP contribution in [0.15, 0.2) is 82.2 Å². The number of nitrogens with zero attached hydrogens (tertiary/aromatic N) is 3. The number of ether oxygens (including phenoxy) is 1. The molecule has 0 saturated carbocycles. The van der Waals surface area contributed by atoms with Gasteiger partial charge >= 0.3 is 0 Å². The molecule has 5 aromatic rings. The smallest absolute Gasteiger partial charge is 0.180 e. The van der Waals surface area contributed by atoms with Gasteiger partial charge in [0.25, 0.3) is 0 Å². The molecule has 0 spiro atoms. The fourth-order valence-corrected chi connectivity index (χ4v) is 4.19. The van der Waals surface area contributed by atoms with Crippen LogP contribution in [0, 0.1) is 13.8 Å². The van der Waals surface area contributed by atoms with E-state index in [4.69, 9.17) is 14.7 Å². The summed E-state index contributed by atoms with van der Waals surface area (Å²) in [6.45, 7) is 3.77. The average Bonchev–Trinajstić information content (AvgIpc) is 3.37. The number of carbonyl (C=O) groups is 1. The van der Waals surface area contributed by atoms with Crippen LogP contribution < -0.4 is 20.1 Å².